The predicted molar refractivity (Wildman–Crippen MR) is 150 cm³/mol. The van der Waals surface area contributed by atoms with Gasteiger partial charge in [0.2, 0.25) is 5.88 Å². The number of rotatable bonds is 10. The molecule has 1 aliphatic rings. The number of ether oxygens (including phenoxy) is 2. The Bertz CT molecular complexity index is 1430. The Morgan fingerprint density at radius 2 is 1.76 bits per heavy atom. The molecular formula is C32H34N2O4. The third-order valence-electron chi connectivity index (χ3n) is 6.82. The van der Waals surface area contributed by atoms with Gasteiger partial charge in [0, 0.05) is 35.0 Å². The Balaban J connectivity index is 2.06. The van der Waals surface area contributed by atoms with Crippen LogP contribution < -0.4 is 9.47 Å². The summed E-state index contributed by atoms with van der Waals surface area (Å²) in [5, 5.41) is 24.0. The lowest BCUT2D eigenvalue weighted by atomic mass is 9.70. The van der Waals surface area contributed by atoms with Gasteiger partial charge in [-0.05, 0) is 62.9 Å². The molecule has 196 valence electrons. The minimum Gasteiger partial charge on any atom is -0.493 e. The predicted octanol–water partition coefficient (Wildman–Crippen LogP) is 5.48. The lowest BCUT2D eigenvalue weighted by Gasteiger charge is -2.39. The van der Waals surface area contributed by atoms with Crippen LogP contribution in [0.4, 0.5) is 0 Å². The highest BCUT2D eigenvalue weighted by molar-refractivity contribution is 5.66. The molecule has 1 aromatic heterocycles. The zero-order chi connectivity index (χ0) is 27.3. The summed E-state index contributed by atoms with van der Waals surface area (Å²) in [4.78, 5) is 6.38. The second kappa shape index (κ2) is 11.6. The third kappa shape index (κ3) is 5.45. The molecule has 6 heteroatoms. The fourth-order valence-corrected chi connectivity index (χ4v) is 4.89. The number of aliphatic hydroxyl groups is 1. The second-order valence-electron chi connectivity index (χ2n) is 9.71. The van der Waals surface area contributed by atoms with Crippen molar-refractivity contribution in [3.8, 4) is 28.5 Å². The first-order valence-corrected chi connectivity index (χ1v) is 12.5. The largest absolute Gasteiger partial charge is 0.493 e. The molecule has 2 atom stereocenters. The van der Waals surface area contributed by atoms with Crippen LogP contribution in [-0.2, 0) is 0 Å². The van der Waals surface area contributed by atoms with E-state index in [1.165, 1.54) is 0 Å². The van der Waals surface area contributed by atoms with Crippen molar-refractivity contribution in [1.29, 1.82) is 0 Å². The Labute approximate surface area is 224 Å². The van der Waals surface area contributed by atoms with Crippen molar-refractivity contribution in [2.24, 2.45) is 0 Å². The summed E-state index contributed by atoms with van der Waals surface area (Å²) in [6.45, 7) is 2.53. The maximum Gasteiger partial charge on any atom is 0.214 e. The molecule has 2 unspecified atom stereocenters. The van der Waals surface area contributed by atoms with Gasteiger partial charge in [0.25, 0.3) is 0 Å². The van der Waals surface area contributed by atoms with Crippen LogP contribution in [-0.4, -0.2) is 60.6 Å². The van der Waals surface area contributed by atoms with Gasteiger partial charge in [-0.2, -0.15) is 0 Å². The van der Waals surface area contributed by atoms with E-state index in [1.54, 1.807) is 20.4 Å². The van der Waals surface area contributed by atoms with E-state index in [2.05, 4.69) is 16.4 Å². The highest BCUT2D eigenvalue weighted by Crippen LogP contribution is 2.50. The average Bonchev–Trinajstić information content (AvgIpc) is 2.93. The molecule has 38 heavy (non-hydrogen) atoms. The highest BCUT2D eigenvalue weighted by atomic mass is 16.5. The number of benzene rings is 2. The van der Waals surface area contributed by atoms with Crippen molar-refractivity contribution < 1.29 is 19.7 Å². The Morgan fingerprint density at radius 1 is 1.00 bits per heavy atom. The zero-order valence-corrected chi connectivity index (χ0v) is 22.5. The van der Waals surface area contributed by atoms with Gasteiger partial charge < -0.3 is 24.6 Å². The Morgan fingerprint density at radius 3 is 2.42 bits per heavy atom. The fraction of sp³-hybridized carbons (Fsp3) is 0.281. The van der Waals surface area contributed by atoms with Crippen molar-refractivity contribution in [2.75, 3.05) is 34.9 Å². The standard InChI is InChI=1S/C32H34N2O4/c1-22-11-9-14-25(19-22)32(36,17-18-34(2)3)29(26-15-10-16-28(37-4)30(26)38-5)27-20-24(21-33-31(27)35)23-12-7-6-8-13-23/h6-8,10-13,15-16,19-21,29,36H,17-18H2,1-5H3,(H,33,35). The SMILES string of the molecule is COc1cccc(C(c2cc(-c3ccccc3)cnc2O)C(O)(CCN(C)C)C2=C=C=CC(C)=C2)c1OC. The van der Waals surface area contributed by atoms with Crippen molar-refractivity contribution in [3.05, 3.63) is 107 Å². The van der Waals surface area contributed by atoms with Crippen LogP contribution in [0, 0.1) is 0 Å². The van der Waals surface area contributed by atoms with Gasteiger partial charge in [0.1, 0.15) is 5.60 Å². The topological polar surface area (TPSA) is 75.0 Å². The normalized spacial score (nSPS) is 15.0. The van der Waals surface area contributed by atoms with Gasteiger partial charge in [0.15, 0.2) is 11.5 Å². The maximum atomic E-state index is 12.8. The van der Waals surface area contributed by atoms with E-state index in [1.807, 2.05) is 92.7 Å². The van der Waals surface area contributed by atoms with Gasteiger partial charge in [-0.15, -0.1) is 0 Å². The van der Waals surface area contributed by atoms with Crippen LogP contribution >= 0.6 is 0 Å². The molecule has 1 aliphatic carbocycles. The number of aromatic hydroxyl groups is 1. The molecule has 0 fully saturated rings. The Hall–Kier alpha value is -4.05. The van der Waals surface area contributed by atoms with Crippen LogP contribution in [0.2, 0.25) is 0 Å². The number of aromatic nitrogens is 1. The van der Waals surface area contributed by atoms with Crippen LogP contribution in [0.3, 0.4) is 0 Å². The minimum absolute atomic E-state index is 0.167. The first kappa shape index (κ1) is 27.0. The zero-order valence-electron chi connectivity index (χ0n) is 22.5. The number of nitrogens with zero attached hydrogens (tertiary/aromatic N) is 2. The van der Waals surface area contributed by atoms with Crippen molar-refractivity contribution in [3.63, 3.8) is 0 Å². The number of para-hydroxylation sites is 1. The summed E-state index contributed by atoms with van der Waals surface area (Å²) >= 11 is 0. The molecule has 1 heterocycles. The number of hydrogen-bond donors (Lipinski definition) is 2. The number of allylic oxidation sites excluding steroid dienone is 2. The Kier molecular flexibility index (Phi) is 8.21. The molecule has 4 rings (SSSR count). The number of methoxy groups -OCH3 is 2. The fourth-order valence-electron chi connectivity index (χ4n) is 4.89. The summed E-state index contributed by atoms with van der Waals surface area (Å²) in [6, 6.07) is 17.3. The molecule has 2 N–H and O–H groups in total. The quantitative estimate of drug-likeness (QED) is 0.352. The van der Waals surface area contributed by atoms with Gasteiger partial charge in [0.05, 0.1) is 20.1 Å². The van der Waals surface area contributed by atoms with E-state index in [9.17, 15) is 10.2 Å². The molecule has 0 bridgehead atoms. The molecule has 2 aromatic carbocycles. The van der Waals surface area contributed by atoms with Gasteiger partial charge in [-0.3, -0.25) is 0 Å². The van der Waals surface area contributed by atoms with Gasteiger partial charge in [-0.1, -0.05) is 53.9 Å². The first-order chi connectivity index (χ1) is 18.3. The number of hydrogen-bond acceptors (Lipinski definition) is 6. The smallest absolute Gasteiger partial charge is 0.214 e. The van der Waals surface area contributed by atoms with Gasteiger partial charge >= 0.3 is 0 Å². The average molecular weight is 511 g/mol. The van der Waals surface area contributed by atoms with E-state index in [-0.39, 0.29) is 5.88 Å². The van der Waals surface area contributed by atoms with Crippen molar-refractivity contribution in [1.82, 2.24) is 9.88 Å². The van der Waals surface area contributed by atoms with Crippen molar-refractivity contribution >= 4 is 0 Å². The van der Waals surface area contributed by atoms with Crippen LogP contribution in [0.5, 0.6) is 17.4 Å². The van der Waals surface area contributed by atoms with E-state index in [4.69, 9.17) is 9.47 Å². The van der Waals surface area contributed by atoms with E-state index >= 15 is 0 Å². The minimum atomic E-state index is -1.51. The molecule has 0 saturated carbocycles. The maximum absolute atomic E-state index is 12.8. The molecule has 0 saturated heterocycles. The van der Waals surface area contributed by atoms with Crippen molar-refractivity contribution in [2.45, 2.75) is 24.9 Å². The van der Waals surface area contributed by atoms with E-state index in [0.717, 1.165) is 16.7 Å². The van der Waals surface area contributed by atoms with Crippen LogP contribution in [0.15, 0.2) is 95.6 Å². The lowest BCUT2D eigenvalue weighted by Crippen LogP contribution is -2.41. The summed E-state index contributed by atoms with van der Waals surface area (Å²) in [6.07, 6.45) is 5.72. The molecule has 6 nitrogen and oxygen atoms in total. The van der Waals surface area contributed by atoms with Crippen LogP contribution in [0.1, 0.15) is 30.4 Å². The summed E-state index contributed by atoms with van der Waals surface area (Å²) < 4.78 is 11.5. The number of pyridine rings is 1. The summed E-state index contributed by atoms with van der Waals surface area (Å²) in [7, 11) is 7.07. The van der Waals surface area contributed by atoms with Gasteiger partial charge in [-0.25, -0.2) is 4.98 Å². The molecule has 0 amide bonds. The lowest BCUT2D eigenvalue weighted by molar-refractivity contribution is 0.0467. The first-order valence-electron chi connectivity index (χ1n) is 12.5. The van der Waals surface area contributed by atoms with Crippen LogP contribution in [0.25, 0.3) is 11.1 Å². The molecular weight excluding hydrogens is 476 g/mol. The monoisotopic (exact) mass is 510 g/mol. The summed E-state index contributed by atoms with van der Waals surface area (Å²) in [5.41, 5.74) is 9.10. The second-order valence-corrected chi connectivity index (χ2v) is 9.71. The van der Waals surface area contributed by atoms with E-state index < -0.39 is 11.5 Å². The summed E-state index contributed by atoms with van der Waals surface area (Å²) in [5.74, 6) is 0.0513. The molecule has 0 radical (unpaired) electrons. The van der Waals surface area contributed by atoms with E-state index in [0.29, 0.717) is 41.2 Å². The molecule has 0 aliphatic heterocycles. The highest BCUT2D eigenvalue weighted by Gasteiger charge is 2.45. The molecule has 3 aromatic rings. The molecule has 0 spiro atoms. The third-order valence-corrected chi connectivity index (χ3v) is 6.82.